The first-order chi connectivity index (χ1) is 11.7. The Kier molecular flexibility index (Phi) is 5.91. The van der Waals surface area contributed by atoms with Gasteiger partial charge in [0.1, 0.15) is 5.75 Å². The Bertz CT molecular complexity index is 541. The molecule has 1 unspecified atom stereocenters. The molecular weight excluding hydrogens is 306 g/mol. The normalized spacial score (nSPS) is 27.8. The van der Waals surface area contributed by atoms with E-state index in [0.29, 0.717) is 5.92 Å². The zero-order valence-electron chi connectivity index (χ0n) is 14.5. The number of halogens is 2. The van der Waals surface area contributed by atoms with Gasteiger partial charge < -0.3 is 4.74 Å². The molecule has 0 spiro atoms. The lowest BCUT2D eigenvalue weighted by molar-refractivity contribution is -0.0498. The second-order valence-electron chi connectivity index (χ2n) is 7.31. The Morgan fingerprint density at radius 2 is 1.71 bits per heavy atom. The number of alkyl halides is 2. The van der Waals surface area contributed by atoms with Gasteiger partial charge in [-0.3, -0.25) is 0 Å². The van der Waals surface area contributed by atoms with E-state index in [0.717, 1.165) is 11.8 Å². The van der Waals surface area contributed by atoms with Crippen molar-refractivity contribution in [2.75, 3.05) is 0 Å². The van der Waals surface area contributed by atoms with Crippen molar-refractivity contribution in [1.29, 1.82) is 0 Å². The van der Waals surface area contributed by atoms with Gasteiger partial charge >= 0.3 is 6.61 Å². The maximum Gasteiger partial charge on any atom is 0.387 e. The Morgan fingerprint density at radius 3 is 2.25 bits per heavy atom. The highest BCUT2D eigenvalue weighted by Crippen LogP contribution is 2.43. The van der Waals surface area contributed by atoms with Crippen LogP contribution in [0.15, 0.2) is 35.9 Å². The van der Waals surface area contributed by atoms with Gasteiger partial charge in [0, 0.05) is 0 Å². The molecule has 0 aromatic heterocycles. The molecule has 0 N–H and O–H groups in total. The first-order valence-corrected chi connectivity index (χ1v) is 9.38. The largest absolute Gasteiger partial charge is 0.435 e. The van der Waals surface area contributed by atoms with Gasteiger partial charge in [0.05, 0.1) is 0 Å². The summed E-state index contributed by atoms with van der Waals surface area (Å²) in [5, 5.41) is 0. The van der Waals surface area contributed by atoms with E-state index in [-0.39, 0.29) is 5.75 Å². The topological polar surface area (TPSA) is 9.23 Å². The molecule has 0 bridgehead atoms. The van der Waals surface area contributed by atoms with Gasteiger partial charge in [0.2, 0.25) is 0 Å². The summed E-state index contributed by atoms with van der Waals surface area (Å²) >= 11 is 0. The van der Waals surface area contributed by atoms with Crippen molar-refractivity contribution >= 4 is 0 Å². The van der Waals surface area contributed by atoms with Crippen LogP contribution < -0.4 is 4.74 Å². The van der Waals surface area contributed by atoms with Gasteiger partial charge in [-0.25, -0.2) is 0 Å². The van der Waals surface area contributed by atoms with Crippen LogP contribution in [0.1, 0.15) is 69.8 Å². The van der Waals surface area contributed by atoms with E-state index in [9.17, 15) is 8.78 Å². The SMILES string of the molecule is CCC1=CCC(C2CCC(c3ccc(OC(F)F)cc3)CC2)CC1. The zero-order chi connectivity index (χ0) is 16.9. The summed E-state index contributed by atoms with van der Waals surface area (Å²) < 4.78 is 28.9. The third-order valence-corrected chi connectivity index (χ3v) is 6.01. The lowest BCUT2D eigenvalue weighted by Gasteiger charge is -2.35. The standard InChI is InChI=1S/C21H28F2O/c1-2-15-3-5-16(6-4-15)17-7-9-18(10-8-17)19-11-13-20(14-12-19)24-21(22)23/h3,11-14,16-18,21H,2,4-10H2,1H3. The molecule has 0 heterocycles. The van der Waals surface area contributed by atoms with Crippen LogP contribution >= 0.6 is 0 Å². The third kappa shape index (κ3) is 4.37. The summed E-state index contributed by atoms with van der Waals surface area (Å²) in [7, 11) is 0. The number of allylic oxidation sites excluding steroid dienone is 2. The van der Waals surface area contributed by atoms with E-state index in [1.165, 1.54) is 56.9 Å². The molecule has 1 atom stereocenters. The number of ether oxygens (including phenoxy) is 1. The van der Waals surface area contributed by atoms with E-state index in [2.05, 4.69) is 17.7 Å². The summed E-state index contributed by atoms with van der Waals surface area (Å²) in [5.41, 5.74) is 2.91. The molecule has 1 aromatic carbocycles. The third-order valence-electron chi connectivity index (χ3n) is 6.01. The second kappa shape index (κ2) is 8.13. The maximum atomic E-state index is 12.2. The van der Waals surface area contributed by atoms with E-state index >= 15 is 0 Å². The molecule has 0 saturated heterocycles. The first kappa shape index (κ1) is 17.4. The van der Waals surface area contributed by atoms with Crippen LogP contribution in [0.2, 0.25) is 0 Å². The molecule has 3 heteroatoms. The number of rotatable bonds is 5. The number of hydrogen-bond donors (Lipinski definition) is 0. The minimum Gasteiger partial charge on any atom is -0.435 e. The van der Waals surface area contributed by atoms with Crippen LogP contribution in [0.4, 0.5) is 8.78 Å². The Balaban J connectivity index is 1.51. The Morgan fingerprint density at radius 1 is 1.00 bits per heavy atom. The van der Waals surface area contributed by atoms with Gasteiger partial charge in [-0.1, -0.05) is 30.7 Å². The molecule has 0 aliphatic heterocycles. The van der Waals surface area contributed by atoms with E-state index < -0.39 is 6.61 Å². The zero-order valence-corrected chi connectivity index (χ0v) is 14.5. The van der Waals surface area contributed by atoms with Crippen LogP contribution in [-0.2, 0) is 0 Å². The van der Waals surface area contributed by atoms with E-state index in [1.54, 1.807) is 17.7 Å². The average Bonchev–Trinajstić information content (AvgIpc) is 2.62. The van der Waals surface area contributed by atoms with Gasteiger partial charge in [0.15, 0.2) is 0 Å². The molecule has 1 saturated carbocycles. The second-order valence-corrected chi connectivity index (χ2v) is 7.31. The van der Waals surface area contributed by atoms with Crippen molar-refractivity contribution < 1.29 is 13.5 Å². The molecule has 2 aliphatic carbocycles. The monoisotopic (exact) mass is 334 g/mol. The minimum atomic E-state index is -2.75. The van der Waals surface area contributed by atoms with Gasteiger partial charge in [-0.15, -0.1) is 0 Å². The smallest absolute Gasteiger partial charge is 0.387 e. The van der Waals surface area contributed by atoms with E-state index in [1.807, 2.05) is 12.1 Å². The highest BCUT2D eigenvalue weighted by molar-refractivity contribution is 5.29. The molecule has 3 rings (SSSR count). The molecule has 24 heavy (non-hydrogen) atoms. The van der Waals surface area contributed by atoms with Crippen LogP contribution in [0, 0.1) is 11.8 Å². The number of hydrogen-bond acceptors (Lipinski definition) is 1. The van der Waals surface area contributed by atoms with Crippen LogP contribution in [0.25, 0.3) is 0 Å². The summed E-state index contributed by atoms with van der Waals surface area (Å²) in [6, 6.07) is 7.26. The molecule has 1 fully saturated rings. The summed E-state index contributed by atoms with van der Waals surface area (Å²) in [5.74, 6) is 2.58. The summed E-state index contributed by atoms with van der Waals surface area (Å²) in [6.45, 7) is -0.487. The predicted molar refractivity (Wildman–Crippen MR) is 93.5 cm³/mol. The molecule has 0 amide bonds. The van der Waals surface area contributed by atoms with Crippen LogP contribution in [-0.4, -0.2) is 6.61 Å². The van der Waals surface area contributed by atoms with Crippen LogP contribution in [0.5, 0.6) is 5.75 Å². The van der Waals surface area contributed by atoms with Gasteiger partial charge in [-0.2, -0.15) is 8.78 Å². The quantitative estimate of drug-likeness (QED) is 0.544. The number of benzene rings is 1. The summed E-state index contributed by atoms with van der Waals surface area (Å²) in [4.78, 5) is 0. The Labute approximate surface area is 144 Å². The van der Waals surface area contributed by atoms with Crippen molar-refractivity contribution in [1.82, 2.24) is 0 Å². The first-order valence-electron chi connectivity index (χ1n) is 9.38. The fraction of sp³-hybridized carbons (Fsp3) is 0.619. The fourth-order valence-corrected chi connectivity index (χ4v) is 4.50. The predicted octanol–water partition coefficient (Wildman–Crippen LogP) is 6.70. The highest BCUT2D eigenvalue weighted by Gasteiger charge is 2.29. The van der Waals surface area contributed by atoms with Gasteiger partial charge in [-0.05, 0) is 86.8 Å². The summed E-state index contributed by atoms with van der Waals surface area (Å²) in [6.07, 6.45) is 12.7. The highest BCUT2D eigenvalue weighted by atomic mass is 19.3. The molecule has 0 radical (unpaired) electrons. The van der Waals surface area contributed by atoms with Gasteiger partial charge in [0.25, 0.3) is 0 Å². The van der Waals surface area contributed by atoms with Crippen molar-refractivity contribution in [2.45, 2.75) is 70.8 Å². The fourth-order valence-electron chi connectivity index (χ4n) is 4.50. The lowest BCUT2D eigenvalue weighted by Crippen LogP contribution is -2.22. The maximum absolute atomic E-state index is 12.2. The Hall–Kier alpha value is -1.38. The minimum absolute atomic E-state index is 0.253. The average molecular weight is 334 g/mol. The van der Waals surface area contributed by atoms with Crippen molar-refractivity contribution in [3.63, 3.8) is 0 Å². The van der Waals surface area contributed by atoms with Crippen molar-refractivity contribution in [3.05, 3.63) is 41.5 Å². The molecule has 132 valence electrons. The van der Waals surface area contributed by atoms with Crippen molar-refractivity contribution in [2.24, 2.45) is 11.8 Å². The molecule has 1 nitrogen and oxygen atoms in total. The molecule has 1 aromatic rings. The lowest BCUT2D eigenvalue weighted by atomic mass is 9.70. The molecule has 2 aliphatic rings. The van der Waals surface area contributed by atoms with Crippen molar-refractivity contribution in [3.8, 4) is 5.75 Å². The van der Waals surface area contributed by atoms with E-state index in [4.69, 9.17) is 0 Å². The molecular formula is C21H28F2O. The van der Waals surface area contributed by atoms with Crippen LogP contribution in [0.3, 0.4) is 0 Å².